The Morgan fingerprint density at radius 3 is 2.69 bits per heavy atom. The normalized spacial score (nSPS) is 17.4. The summed E-state index contributed by atoms with van der Waals surface area (Å²) < 4.78 is 31.4. The number of nitrogens with zero attached hydrogens (tertiary/aromatic N) is 2. The minimum Gasteiger partial charge on any atom is -0.353 e. The molecule has 1 fully saturated rings. The fourth-order valence-electron chi connectivity index (χ4n) is 1.70. The maximum atomic E-state index is 11.2. The summed E-state index contributed by atoms with van der Waals surface area (Å²) in [6.07, 6.45) is 1.52. The van der Waals surface area contributed by atoms with Crippen LogP contribution in [0.4, 0.5) is 5.82 Å². The van der Waals surface area contributed by atoms with Crippen molar-refractivity contribution in [2.24, 2.45) is 0 Å². The van der Waals surface area contributed by atoms with Crippen LogP contribution < -0.4 is 10.2 Å². The van der Waals surface area contributed by atoms with E-state index in [1.807, 2.05) is 4.90 Å². The number of pyridine rings is 1. The van der Waals surface area contributed by atoms with Crippen LogP contribution in [0.3, 0.4) is 0 Å². The van der Waals surface area contributed by atoms with E-state index in [1.165, 1.54) is 18.3 Å². The molecule has 1 aliphatic heterocycles. The van der Waals surface area contributed by atoms with Crippen LogP contribution >= 0.6 is 0 Å². The van der Waals surface area contributed by atoms with Gasteiger partial charge < -0.3 is 10.2 Å². The molecule has 0 saturated carbocycles. The molecule has 0 radical (unpaired) electrons. The second-order valence-electron chi connectivity index (χ2n) is 3.54. The van der Waals surface area contributed by atoms with E-state index >= 15 is 0 Å². The lowest BCUT2D eigenvalue weighted by atomic mass is 10.3. The van der Waals surface area contributed by atoms with Gasteiger partial charge in [0.1, 0.15) is 10.7 Å². The lowest BCUT2D eigenvalue weighted by molar-refractivity contribution is 0.481. The van der Waals surface area contributed by atoms with Gasteiger partial charge in [-0.1, -0.05) is 0 Å². The predicted molar refractivity (Wildman–Crippen MR) is 59.1 cm³/mol. The topological polar surface area (TPSA) is 82.5 Å². The van der Waals surface area contributed by atoms with Crippen LogP contribution in [0.5, 0.6) is 0 Å². The van der Waals surface area contributed by atoms with E-state index in [9.17, 15) is 8.42 Å². The van der Waals surface area contributed by atoms with Crippen LogP contribution in [0, 0.1) is 0 Å². The third kappa shape index (κ3) is 2.31. The zero-order valence-electron chi connectivity index (χ0n) is 8.63. The highest BCUT2D eigenvalue weighted by Gasteiger charge is 2.21. The average molecular weight is 243 g/mol. The van der Waals surface area contributed by atoms with Gasteiger partial charge in [-0.15, -0.1) is 0 Å². The molecule has 1 saturated heterocycles. The molecular weight excluding hydrogens is 230 g/mol. The standard InChI is InChI=1S/C9H13N3O3S/c13-16(14,15)8-2-1-3-11-9(8)12-6-4-10-5-7-12/h1-3,10H,4-7H2,(H,13,14,15). The van der Waals surface area contributed by atoms with Gasteiger partial charge >= 0.3 is 0 Å². The van der Waals surface area contributed by atoms with E-state index in [1.54, 1.807) is 0 Å². The van der Waals surface area contributed by atoms with Crippen molar-refractivity contribution < 1.29 is 13.0 Å². The third-order valence-electron chi connectivity index (χ3n) is 2.45. The number of hydrogen-bond donors (Lipinski definition) is 2. The molecule has 0 spiro atoms. The molecule has 6 nitrogen and oxygen atoms in total. The molecule has 1 aromatic heterocycles. The van der Waals surface area contributed by atoms with Crippen LogP contribution in [0.15, 0.2) is 23.2 Å². The minimum absolute atomic E-state index is 0.128. The van der Waals surface area contributed by atoms with Crippen molar-refractivity contribution in [3.8, 4) is 0 Å². The number of hydrogen-bond acceptors (Lipinski definition) is 5. The molecule has 0 amide bonds. The molecule has 7 heteroatoms. The molecule has 0 unspecified atom stereocenters. The molecule has 2 N–H and O–H groups in total. The Bertz CT molecular complexity index is 469. The van der Waals surface area contributed by atoms with Gasteiger partial charge in [-0.2, -0.15) is 8.42 Å². The molecule has 1 aliphatic rings. The first kappa shape index (κ1) is 11.3. The number of aromatic nitrogens is 1. The fourth-order valence-corrected chi connectivity index (χ4v) is 2.36. The Hall–Kier alpha value is -1.18. The predicted octanol–water partition coefficient (Wildman–Crippen LogP) is -0.262. The van der Waals surface area contributed by atoms with E-state index in [2.05, 4.69) is 10.3 Å². The number of anilines is 1. The van der Waals surface area contributed by atoms with E-state index in [0.29, 0.717) is 18.9 Å². The highest BCUT2D eigenvalue weighted by Crippen LogP contribution is 2.21. The maximum Gasteiger partial charge on any atom is 0.298 e. The monoisotopic (exact) mass is 243 g/mol. The molecule has 0 atom stereocenters. The maximum absolute atomic E-state index is 11.2. The first-order valence-electron chi connectivity index (χ1n) is 4.97. The van der Waals surface area contributed by atoms with E-state index < -0.39 is 10.1 Å². The molecule has 0 aliphatic carbocycles. The Balaban J connectivity index is 2.40. The Morgan fingerprint density at radius 2 is 2.06 bits per heavy atom. The van der Waals surface area contributed by atoms with Gasteiger partial charge in [-0.25, -0.2) is 4.98 Å². The largest absolute Gasteiger partial charge is 0.353 e. The van der Waals surface area contributed by atoms with E-state index in [0.717, 1.165) is 13.1 Å². The van der Waals surface area contributed by atoms with Gasteiger partial charge in [-0.05, 0) is 12.1 Å². The Morgan fingerprint density at radius 1 is 1.38 bits per heavy atom. The van der Waals surface area contributed by atoms with E-state index in [4.69, 9.17) is 4.55 Å². The molecule has 2 heterocycles. The van der Waals surface area contributed by atoms with Crippen molar-refractivity contribution in [3.63, 3.8) is 0 Å². The SMILES string of the molecule is O=S(=O)(O)c1cccnc1N1CCNCC1. The zero-order valence-corrected chi connectivity index (χ0v) is 9.44. The summed E-state index contributed by atoms with van der Waals surface area (Å²) in [4.78, 5) is 5.75. The molecule has 16 heavy (non-hydrogen) atoms. The zero-order chi connectivity index (χ0) is 11.6. The third-order valence-corrected chi connectivity index (χ3v) is 3.32. The fraction of sp³-hybridized carbons (Fsp3) is 0.444. The molecule has 2 rings (SSSR count). The summed E-state index contributed by atoms with van der Waals surface area (Å²) >= 11 is 0. The smallest absolute Gasteiger partial charge is 0.298 e. The van der Waals surface area contributed by atoms with Crippen LogP contribution in [0.25, 0.3) is 0 Å². The Kier molecular flexibility index (Phi) is 3.08. The van der Waals surface area contributed by atoms with Gasteiger partial charge in [0.15, 0.2) is 0 Å². The average Bonchev–Trinajstić information content (AvgIpc) is 2.29. The second kappa shape index (κ2) is 4.36. The Labute approximate surface area is 94.0 Å². The number of rotatable bonds is 2. The highest BCUT2D eigenvalue weighted by molar-refractivity contribution is 7.86. The van der Waals surface area contributed by atoms with Crippen LogP contribution in [0.1, 0.15) is 0 Å². The molecule has 88 valence electrons. The van der Waals surface area contributed by atoms with Gasteiger partial charge in [0.25, 0.3) is 10.1 Å². The van der Waals surface area contributed by atoms with Crippen molar-refractivity contribution in [1.82, 2.24) is 10.3 Å². The molecule has 1 aromatic rings. The number of nitrogens with one attached hydrogen (secondary N) is 1. The first-order valence-corrected chi connectivity index (χ1v) is 6.41. The minimum atomic E-state index is -4.21. The van der Waals surface area contributed by atoms with Gasteiger partial charge in [0.2, 0.25) is 0 Å². The van der Waals surface area contributed by atoms with Gasteiger partial charge in [0, 0.05) is 32.4 Å². The van der Waals surface area contributed by atoms with Crippen molar-refractivity contribution in [1.29, 1.82) is 0 Å². The molecule has 0 bridgehead atoms. The van der Waals surface area contributed by atoms with Gasteiger partial charge in [0.05, 0.1) is 0 Å². The lowest BCUT2D eigenvalue weighted by Gasteiger charge is -2.29. The van der Waals surface area contributed by atoms with Crippen molar-refractivity contribution in [2.45, 2.75) is 4.90 Å². The summed E-state index contributed by atoms with van der Waals surface area (Å²) in [5.41, 5.74) is 0. The van der Waals surface area contributed by atoms with E-state index in [-0.39, 0.29) is 4.90 Å². The summed E-state index contributed by atoms with van der Waals surface area (Å²) in [5, 5.41) is 3.16. The summed E-state index contributed by atoms with van der Waals surface area (Å²) in [7, 11) is -4.21. The summed E-state index contributed by atoms with van der Waals surface area (Å²) in [5.74, 6) is 0.325. The quantitative estimate of drug-likeness (QED) is 0.696. The van der Waals surface area contributed by atoms with Crippen LogP contribution in [0.2, 0.25) is 0 Å². The lowest BCUT2D eigenvalue weighted by Crippen LogP contribution is -2.44. The highest BCUT2D eigenvalue weighted by atomic mass is 32.2. The van der Waals surface area contributed by atoms with Crippen molar-refractivity contribution in [3.05, 3.63) is 18.3 Å². The second-order valence-corrected chi connectivity index (χ2v) is 4.93. The van der Waals surface area contributed by atoms with Crippen molar-refractivity contribution >= 4 is 15.9 Å². The molecular formula is C9H13N3O3S. The first-order chi connectivity index (χ1) is 7.59. The van der Waals surface area contributed by atoms with Crippen LogP contribution in [-0.2, 0) is 10.1 Å². The van der Waals surface area contributed by atoms with Crippen LogP contribution in [-0.4, -0.2) is 44.1 Å². The number of piperazine rings is 1. The summed E-state index contributed by atoms with van der Waals surface area (Å²) in [6, 6.07) is 2.86. The summed E-state index contributed by atoms with van der Waals surface area (Å²) in [6.45, 7) is 2.92. The van der Waals surface area contributed by atoms with Gasteiger partial charge in [-0.3, -0.25) is 4.55 Å². The van der Waals surface area contributed by atoms with Crippen molar-refractivity contribution in [2.75, 3.05) is 31.1 Å². The molecule has 0 aromatic carbocycles.